The first-order valence-corrected chi connectivity index (χ1v) is 15.3. The SMILES string of the molecule is CC[C@@H](C(=O)NCC(C)C)N(Cc1cccc(C)c1)C(=O)CN(c1ccc(Cl)c(Cl)c1)S(=O)(=O)c1ccccc1. The number of aryl methyl sites for hydroxylation is 1. The van der Waals surface area contributed by atoms with Gasteiger partial charge < -0.3 is 10.2 Å². The van der Waals surface area contributed by atoms with Crippen LogP contribution in [0.3, 0.4) is 0 Å². The first kappa shape index (κ1) is 31.5. The van der Waals surface area contributed by atoms with Crippen molar-refractivity contribution in [2.24, 2.45) is 5.92 Å². The number of nitrogens with zero attached hydrogens (tertiary/aromatic N) is 2. The molecule has 0 spiro atoms. The van der Waals surface area contributed by atoms with E-state index in [-0.39, 0.29) is 39.0 Å². The molecule has 0 aromatic heterocycles. The molecule has 7 nitrogen and oxygen atoms in total. The van der Waals surface area contributed by atoms with Gasteiger partial charge in [-0.3, -0.25) is 13.9 Å². The monoisotopic (exact) mass is 603 g/mol. The number of rotatable bonds is 12. The van der Waals surface area contributed by atoms with Crippen LogP contribution in [0.2, 0.25) is 10.0 Å². The molecule has 0 radical (unpaired) electrons. The molecule has 1 N–H and O–H groups in total. The maximum atomic E-state index is 14.1. The van der Waals surface area contributed by atoms with Gasteiger partial charge in [0.2, 0.25) is 11.8 Å². The fourth-order valence-corrected chi connectivity index (χ4v) is 5.96. The number of carbonyl (C=O) groups is 2. The van der Waals surface area contributed by atoms with Crippen LogP contribution in [-0.2, 0) is 26.2 Å². The van der Waals surface area contributed by atoms with Gasteiger partial charge in [0.1, 0.15) is 12.6 Å². The first-order valence-electron chi connectivity index (χ1n) is 13.1. The van der Waals surface area contributed by atoms with Crippen LogP contribution >= 0.6 is 23.2 Å². The number of amides is 2. The van der Waals surface area contributed by atoms with Crippen molar-refractivity contribution < 1.29 is 18.0 Å². The Bertz CT molecular complexity index is 1430. The average Bonchev–Trinajstić information content (AvgIpc) is 2.92. The molecule has 0 unspecified atom stereocenters. The lowest BCUT2D eigenvalue weighted by atomic mass is 10.1. The molecule has 0 heterocycles. The Morgan fingerprint density at radius 3 is 2.23 bits per heavy atom. The molecule has 10 heteroatoms. The smallest absolute Gasteiger partial charge is 0.264 e. The summed E-state index contributed by atoms with van der Waals surface area (Å²) >= 11 is 12.4. The minimum Gasteiger partial charge on any atom is -0.354 e. The fourth-order valence-electron chi connectivity index (χ4n) is 4.24. The molecule has 3 rings (SSSR count). The normalized spacial score (nSPS) is 12.2. The number of nitrogens with one attached hydrogen (secondary N) is 1. The second kappa shape index (κ2) is 14.0. The summed E-state index contributed by atoms with van der Waals surface area (Å²) in [5.74, 6) is -0.591. The van der Waals surface area contributed by atoms with E-state index < -0.39 is 28.5 Å². The Kier molecular flexibility index (Phi) is 11.0. The summed E-state index contributed by atoms with van der Waals surface area (Å²) in [6.07, 6.45) is 0.347. The molecular formula is C30H35Cl2N3O4S. The topological polar surface area (TPSA) is 86.8 Å². The second-order valence-corrected chi connectivity index (χ2v) is 12.7. The Hall–Kier alpha value is -3.07. The van der Waals surface area contributed by atoms with Crippen LogP contribution < -0.4 is 9.62 Å². The molecule has 1 atom stereocenters. The summed E-state index contributed by atoms with van der Waals surface area (Å²) in [6.45, 7) is 7.79. The highest BCUT2D eigenvalue weighted by Crippen LogP contribution is 2.31. The van der Waals surface area contributed by atoms with Crippen LogP contribution in [-0.4, -0.2) is 44.3 Å². The van der Waals surface area contributed by atoms with E-state index in [9.17, 15) is 18.0 Å². The number of carbonyl (C=O) groups excluding carboxylic acids is 2. The predicted octanol–water partition coefficient (Wildman–Crippen LogP) is 6.08. The van der Waals surface area contributed by atoms with E-state index in [2.05, 4.69) is 5.32 Å². The van der Waals surface area contributed by atoms with Crippen molar-refractivity contribution in [1.82, 2.24) is 10.2 Å². The largest absolute Gasteiger partial charge is 0.354 e. The van der Waals surface area contributed by atoms with Gasteiger partial charge in [0, 0.05) is 13.1 Å². The lowest BCUT2D eigenvalue weighted by Crippen LogP contribution is -2.52. The highest BCUT2D eigenvalue weighted by Gasteiger charge is 2.33. The van der Waals surface area contributed by atoms with Crippen LogP contribution in [0.15, 0.2) is 77.7 Å². The Morgan fingerprint density at radius 1 is 0.925 bits per heavy atom. The van der Waals surface area contributed by atoms with Crippen LogP contribution in [0.5, 0.6) is 0 Å². The van der Waals surface area contributed by atoms with E-state index in [0.29, 0.717) is 13.0 Å². The number of anilines is 1. The zero-order valence-electron chi connectivity index (χ0n) is 23.1. The summed E-state index contributed by atoms with van der Waals surface area (Å²) in [4.78, 5) is 28.8. The van der Waals surface area contributed by atoms with E-state index >= 15 is 0 Å². The highest BCUT2D eigenvalue weighted by molar-refractivity contribution is 7.92. The zero-order chi connectivity index (χ0) is 29.4. The summed E-state index contributed by atoms with van der Waals surface area (Å²) < 4.78 is 28.7. The summed E-state index contributed by atoms with van der Waals surface area (Å²) in [5.41, 5.74) is 2.01. The lowest BCUT2D eigenvalue weighted by Gasteiger charge is -2.33. The van der Waals surface area contributed by atoms with E-state index in [0.717, 1.165) is 15.4 Å². The third-order valence-electron chi connectivity index (χ3n) is 6.31. The summed E-state index contributed by atoms with van der Waals surface area (Å²) in [6, 6.07) is 19.1. The van der Waals surface area contributed by atoms with E-state index in [1.165, 1.54) is 35.2 Å². The van der Waals surface area contributed by atoms with Gasteiger partial charge in [-0.25, -0.2) is 8.42 Å². The number of hydrogen-bond acceptors (Lipinski definition) is 4. The molecule has 0 saturated heterocycles. The first-order chi connectivity index (χ1) is 18.9. The van der Waals surface area contributed by atoms with Gasteiger partial charge in [0.05, 0.1) is 20.6 Å². The molecule has 40 heavy (non-hydrogen) atoms. The average molecular weight is 605 g/mol. The molecular weight excluding hydrogens is 569 g/mol. The van der Waals surface area contributed by atoms with Gasteiger partial charge in [0.25, 0.3) is 10.0 Å². The van der Waals surface area contributed by atoms with Crippen molar-refractivity contribution in [2.75, 3.05) is 17.4 Å². The van der Waals surface area contributed by atoms with Gasteiger partial charge in [-0.1, -0.05) is 92.0 Å². The van der Waals surface area contributed by atoms with Gasteiger partial charge >= 0.3 is 0 Å². The standard InChI is InChI=1S/C30H35Cl2N3O4S/c1-5-28(30(37)33-18-21(2)3)34(19-23-11-9-10-22(4)16-23)29(36)20-35(24-14-15-26(31)27(32)17-24)40(38,39)25-12-7-6-8-13-25/h6-17,21,28H,5,18-20H2,1-4H3,(H,33,37)/t28-/m0/s1. The Morgan fingerprint density at radius 2 is 1.62 bits per heavy atom. The number of sulfonamides is 1. The molecule has 3 aromatic carbocycles. The van der Waals surface area contributed by atoms with E-state index in [1.54, 1.807) is 18.2 Å². The maximum absolute atomic E-state index is 14.1. The van der Waals surface area contributed by atoms with Crippen LogP contribution in [0, 0.1) is 12.8 Å². The van der Waals surface area contributed by atoms with Crippen molar-refractivity contribution in [3.8, 4) is 0 Å². The van der Waals surface area contributed by atoms with Gasteiger partial charge in [-0.15, -0.1) is 0 Å². The van der Waals surface area contributed by atoms with Crippen LogP contribution in [0.4, 0.5) is 5.69 Å². The second-order valence-electron chi connectivity index (χ2n) is 10.00. The molecule has 3 aromatic rings. The van der Waals surface area contributed by atoms with Crippen molar-refractivity contribution in [1.29, 1.82) is 0 Å². The zero-order valence-corrected chi connectivity index (χ0v) is 25.4. The molecule has 0 bridgehead atoms. The quantitative estimate of drug-likeness (QED) is 0.272. The molecule has 0 fully saturated rings. The van der Waals surface area contributed by atoms with Crippen molar-refractivity contribution in [3.05, 3.63) is 94.0 Å². The van der Waals surface area contributed by atoms with Crippen molar-refractivity contribution in [2.45, 2.75) is 51.6 Å². The molecule has 2 amide bonds. The number of halogens is 2. The minimum absolute atomic E-state index is 0.0147. The molecule has 0 aliphatic rings. The summed E-state index contributed by atoms with van der Waals surface area (Å²) in [7, 11) is -4.18. The number of benzene rings is 3. The predicted molar refractivity (Wildman–Crippen MR) is 161 cm³/mol. The molecule has 0 saturated carbocycles. The Balaban J connectivity index is 2.06. The molecule has 214 valence electrons. The third-order valence-corrected chi connectivity index (χ3v) is 8.83. The lowest BCUT2D eigenvalue weighted by molar-refractivity contribution is -0.140. The van der Waals surface area contributed by atoms with Gasteiger partial charge in [0.15, 0.2) is 0 Å². The minimum atomic E-state index is -4.18. The van der Waals surface area contributed by atoms with Gasteiger partial charge in [-0.2, -0.15) is 0 Å². The van der Waals surface area contributed by atoms with Crippen molar-refractivity contribution in [3.63, 3.8) is 0 Å². The van der Waals surface area contributed by atoms with E-state index in [4.69, 9.17) is 23.2 Å². The van der Waals surface area contributed by atoms with Crippen LogP contribution in [0.25, 0.3) is 0 Å². The summed E-state index contributed by atoms with van der Waals surface area (Å²) in [5, 5.41) is 3.33. The van der Waals surface area contributed by atoms with E-state index in [1.807, 2.05) is 52.0 Å². The third kappa shape index (κ3) is 7.99. The number of hydrogen-bond donors (Lipinski definition) is 1. The highest BCUT2D eigenvalue weighted by atomic mass is 35.5. The van der Waals surface area contributed by atoms with Crippen LogP contribution in [0.1, 0.15) is 38.3 Å². The fraction of sp³-hybridized carbons (Fsp3) is 0.333. The van der Waals surface area contributed by atoms with Crippen molar-refractivity contribution >= 4 is 50.7 Å². The van der Waals surface area contributed by atoms with Gasteiger partial charge in [-0.05, 0) is 55.2 Å². The maximum Gasteiger partial charge on any atom is 0.264 e. The molecule has 0 aliphatic carbocycles. The Labute approximate surface area is 247 Å². The molecule has 0 aliphatic heterocycles.